The van der Waals surface area contributed by atoms with Crippen molar-refractivity contribution in [1.29, 1.82) is 0 Å². The van der Waals surface area contributed by atoms with E-state index in [2.05, 4.69) is 59.0 Å². The van der Waals surface area contributed by atoms with Gasteiger partial charge >= 0.3 is 0 Å². The molecule has 0 fully saturated rings. The third-order valence-corrected chi connectivity index (χ3v) is 4.91. The molecular formula is C19H26N6O. The Morgan fingerprint density at radius 3 is 2.46 bits per heavy atom. The van der Waals surface area contributed by atoms with Gasteiger partial charge in [0, 0.05) is 18.8 Å². The second kappa shape index (κ2) is 7.27. The standard InChI is InChI=1S/C19H26N6O/c1-6-24(7-2)18(26)16-13(5)20-19-21-22-23-25(19)17(16)15-10-8-14(9-11-15)12(3)4/h8-12,17H,6-7H2,1-5H3,(H,20,21,23)/t17-/m0/s1. The van der Waals surface area contributed by atoms with Gasteiger partial charge in [0.25, 0.3) is 5.91 Å². The molecule has 3 rings (SSSR count). The minimum absolute atomic E-state index is 0.0130. The maximum Gasteiger partial charge on any atom is 0.254 e. The summed E-state index contributed by atoms with van der Waals surface area (Å²) >= 11 is 0. The van der Waals surface area contributed by atoms with Crippen molar-refractivity contribution in [3.63, 3.8) is 0 Å². The first-order chi connectivity index (χ1) is 12.5. The number of tetrazole rings is 1. The molecule has 0 radical (unpaired) electrons. The van der Waals surface area contributed by atoms with Crippen LogP contribution in [0.3, 0.4) is 0 Å². The Morgan fingerprint density at radius 1 is 1.23 bits per heavy atom. The highest BCUT2D eigenvalue weighted by atomic mass is 16.2. The van der Waals surface area contributed by atoms with Crippen molar-refractivity contribution in [2.45, 2.75) is 46.6 Å². The minimum atomic E-state index is -0.337. The molecular weight excluding hydrogens is 328 g/mol. The monoisotopic (exact) mass is 354 g/mol. The highest BCUT2D eigenvalue weighted by molar-refractivity contribution is 5.96. The lowest BCUT2D eigenvalue weighted by atomic mass is 9.92. The topological polar surface area (TPSA) is 75.9 Å². The summed E-state index contributed by atoms with van der Waals surface area (Å²) in [7, 11) is 0. The lowest BCUT2D eigenvalue weighted by Crippen LogP contribution is -2.38. The van der Waals surface area contributed by atoms with E-state index in [4.69, 9.17) is 0 Å². The molecule has 0 saturated carbocycles. The molecule has 7 nitrogen and oxygen atoms in total. The van der Waals surface area contributed by atoms with Crippen molar-refractivity contribution in [3.05, 3.63) is 46.7 Å². The summed E-state index contributed by atoms with van der Waals surface area (Å²) in [5.74, 6) is 1.02. The average molecular weight is 354 g/mol. The van der Waals surface area contributed by atoms with Gasteiger partial charge in [0.2, 0.25) is 5.95 Å². The van der Waals surface area contributed by atoms with Crippen LogP contribution in [0.2, 0.25) is 0 Å². The number of nitrogens with zero attached hydrogens (tertiary/aromatic N) is 5. The number of hydrogen-bond acceptors (Lipinski definition) is 5. The summed E-state index contributed by atoms with van der Waals surface area (Å²) in [4.78, 5) is 15.0. The van der Waals surface area contributed by atoms with Gasteiger partial charge in [-0.1, -0.05) is 43.2 Å². The van der Waals surface area contributed by atoms with Crippen LogP contribution >= 0.6 is 0 Å². The molecule has 0 spiro atoms. The van der Waals surface area contributed by atoms with Crippen LogP contribution in [0.1, 0.15) is 57.7 Å². The van der Waals surface area contributed by atoms with E-state index >= 15 is 0 Å². The number of amides is 1. The van der Waals surface area contributed by atoms with Crippen molar-refractivity contribution in [2.24, 2.45) is 0 Å². The maximum absolute atomic E-state index is 13.2. The largest absolute Gasteiger partial charge is 0.339 e. The van der Waals surface area contributed by atoms with Gasteiger partial charge in [0.1, 0.15) is 6.04 Å². The third kappa shape index (κ3) is 3.09. The van der Waals surface area contributed by atoms with Crippen LogP contribution in [0.4, 0.5) is 5.95 Å². The van der Waals surface area contributed by atoms with Crippen molar-refractivity contribution in [2.75, 3.05) is 18.4 Å². The van der Waals surface area contributed by atoms with E-state index in [1.807, 2.05) is 25.7 Å². The van der Waals surface area contributed by atoms with E-state index in [0.29, 0.717) is 30.5 Å². The molecule has 7 heteroatoms. The molecule has 2 heterocycles. The molecule has 1 aromatic carbocycles. The molecule has 26 heavy (non-hydrogen) atoms. The molecule has 0 saturated heterocycles. The molecule has 1 aliphatic heterocycles. The lowest BCUT2D eigenvalue weighted by molar-refractivity contribution is -0.127. The summed E-state index contributed by atoms with van der Waals surface area (Å²) in [6.07, 6.45) is 0. The zero-order chi connectivity index (χ0) is 18.8. The van der Waals surface area contributed by atoms with Crippen LogP contribution in [-0.2, 0) is 4.79 Å². The molecule has 1 aromatic heterocycles. The zero-order valence-corrected chi connectivity index (χ0v) is 16.0. The van der Waals surface area contributed by atoms with Crippen LogP contribution in [0.25, 0.3) is 0 Å². The van der Waals surface area contributed by atoms with Gasteiger partial charge in [-0.05, 0) is 48.2 Å². The van der Waals surface area contributed by atoms with Crippen molar-refractivity contribution in [3.8, 4) is 0 Å². The molecule has 138 valence electrons. The number of rotatable bonds is 5. The lowest BCUT2D eigenvalue weighted by Gasteiger charge is -2.31. The predicted octanol–water partition coefficient (Wildman–Crippen LogP) is 2.95. The summed E-state index contributed by atoms with van der Waals surface area (Å²) in [5.41, 5.74) is 3.74. The molecule has 1 amide bonds. The fourth-order valence-corrected chi connectivity index (χ4v) is 3.34. The Bertz CT molecular complexity index is 817. The quantitative estimate of drug-likeness (QED) is 0.893. The van der Waals surface area contributed by atoms with Crippen LogP contribution in [0.5, 0.6) is 0 Å². The third-order valence-electron chi connectivity index (χ3n) is 4.91. The summed E-state index contributed by atoms with van der Waals surface area (Å²) < 4.78 is 1.69. The van der Waals surface area contributed by atoms with Gasteiger partial charge < -0.3 is 10.2 Å². The maximum atomic E-state index is 13.2. The Kier molecular flexibility index (Phi) is 5.06. The predicted molar refractivity (Wildman–Crippen MR) is 101 cm³/mol. The number of carbonyl (C=O) groups excluding carboxylic acids is 1. The second-order valence-electron chi connectivity index (χ2n) is 6.81. The summed E-state index contributed by atoms with van der Waals surface area (Å²) in [6, 6.07) is 8.02. The highest BCUT2D eigenvalue weighted by Gasteiger charge is 2.35. The molecule has 0 unspecified atom stereocenters. The second-order valence-corrected chi connectivity index (χ2v) is 6.81. The van der Waals surface area contributed by atoms with Crippen LogP contribution in [-0.4, -0.2) is 44.1 Å². The zero-order valence-electron chi connectivity index (χ0n) is 16.0. The van der Waals surface area contributed by atoms with Crippen LogP contribution < -0.4 is 5.32 Å². The molecule has 0 bridgehead atoms. The summed E-state index contributed by atoms with van der Waals surface area (Å²) in [6.45, 7) is 11.5. The van der Waals surface area contributed by atoms with E-state index < -0.39 is 0 Å². The number of anilines is 1. The fraction of sp³-hybridized carbons (Fsp3) is 0.474. The molecule has 0 aliphatic carbocycles. The molecule has 1 atom stereocenters. The Morgan fingerprint density at radius 2 is 1.88 bits per heavy atom. The first kappa shape index (κ1) is 18.1. The highest BCUT2D eigenvalue weighted by Crippen LogP contribution is 2.35. The number of carbonyl (C=O) groups is 1. The van der Waals surface area contributed by atoms with Gasteiger partial charge in [-0.15, -0.1) is 0 Å². The Balaban J connectivity index is 2.10. The van der Waals surface area contributed by atoms with E-state index in [1.165, 1.54) is 5.56 Å². The Hall–Kier alpha value is -2.70. The smallest absolute Gasteiger partial charge is 0.254 e. The average Bonchev–Trinajstić information content (AvgIpc) is 3.09. The Labute approximate surface area is 154 Å². The number of aromatic nitrogens is 4. The number of nitrogens with one attached hydrogen (secondary N) is 1. The van der Waals surface area contributed by atoms with Crippen LogP contribution in [0.15, 0.2) is 35.5 Å². The van der Waals surface area contributed by atoms with E-state index in [0.717, 1.165) is 11.3 Å². The SMILES string of the molecule is CCN(CC)C(=O)C1=C(C)Nc2nnnn2[C@H]1c1ccc(C(C)C)cc1. The van der Waals surface area contributed by atoms with Gasteiger partial charge in [0.15, 0.2) is 0 Å². The number of allylic oxidation sites excluding steroid dienone is 1. The van der Waals surface area contributed by atoms with Gasteiger partial charge in [0.05, 0.1) is 5.57 Å². The molecule has 1 N–H and O–H groups in total. The number of likely N-dealkylation sites (N-methyl/N-ethyl adjacent to an activating group) is 1. The van der Waals surface area contributed by atoms with Crippen LogP contribution in [0, 0.1) is 0 Å². The summed E-state index contributed by atoms with van der Waals surface area (Å²) in [5, 5.41) is 15.1. The first-order valence-electron chi connectivity index (χ1n) is 9.12. The van der Waals surface area contributed by atoms with E-state index in [1.54, 1.807) is 4.68 Å². The normalized spacial score (nSPS) is 16.5. The first-order valence-corrected chi connectivity index (χ1v) is 9.12. The van der Waals surface area contributed by atoms with Gasteiger partial charge in [-0.3, -0.25) is 4.79 Å². The number of fused-ring (bicyclic) bond motifs is 1. The fourth-order valence-electron chi connectivity index (χ4n) is 3.34. The van der Waals surface area contributed by atoms with Gasteiger partial charge in [-0.25, -0.2) is 0 Å². The van der Waals surface area contributed by atoms with Crippen molar-refractivity contribution >= 4 is 11.9 Å². The van der Waals surface area contributed by atoms with Crippen molar-refractivity contribution < 1.29 is 4.79 Å². The minimum Gasteiger partial charge on any atom is -0.339 e. The number of hydrogen-bond donors (Lipinski definition) is 1. The van der Waals surface area contributed by atoms with Crippen molar-refractivity contribution in [1.82, 2.24) is 25.1 Å². The van der Waals surface area contributed by atoms with Gasteiger partial charge in [-0.2, -0.15) is 4.68 Å². The molecule has 1 aliphatic rings. The molecule has 2 aromatic rings. The number of benzene rings is 1. The van der Waals surface area contributed by atoms with E-state index in [9.17, 15) is 4.79 Å². The van der Waals surface area contributed by atoms with E-state index in [-0.39, 0.29) is 11.9 Å².